The molecule has 84 valence electrons. The van der Waals surface area contributed by atoms with E-state index in [1.807, 2.05) is 19.1 Å². The molecular weight excluding hydrogens is 240 g/mol. The zero-order chi connectivity index (χ0) is 11.8. The van der Waals surface area contributed by atoms with Gasteiger partial charge in [0.15, 0.2) is 5.69 Å². The lowest BCUT2D eigenvalue weighted by atomic mass is 10.3. The standard InChI is InChI=1S/C10H7ClN6/c1-6-9-10(13-12-6)14-16-17(15-9)8-4-2-7(11)3-5-8/h2-5H,1H3. The first-order valence-corrected chi connectivity index (χ1v) is 5.31. The Bertz CT molecular complexity index is 632. The second kappa shape index (κ2) is 3.74. The van der Waals surface area contributed by atoms with Crippen LogP contribution in [0.1, 0.15) is 5.69 Å². The van der Waals surface area contributed by atoms with Gasteiger partial charge in [0.2, 0.25) is 5.82 Å². The molecule has 2 aliphatic heterocycles. The van der Waals surface area contributed by atoms with Gasteiger partial charge in [0.25, 0.3) is 0 Å². The molecule has 17 heavy (non-hydrogen) atoms. The molecule has 0 amide bonds. The fourth-order valence-corrected chi connectivity index (χ4v) is 1.57. The van der Waals surface area contributed by atoms with Crippen molar-refractivity contribution in [3.63, 3.8) is 0 Å². The van der Waals surface area contributed by atoms with Crippen LogP contribution in [0.5, 0.6) is 0 Å². The van der Waals surface area contributed by atoms with Gasteiger partial charge in [-0.25, -0.2) is 0 Å². The molecule has 0 radical (unpaired) electrons. The highest BCUT2D eigenvalue weighted by Gasteiger charge is 2.15. The number of halogens is 1. The van der Waals surface area contributed by atoms with Gasteiger partial charge in [0.1, 0.15) is 0 Å². The molecule has 7 heteroatoms. The molecule has 0 saturated heterocycles. The van der Waals surface area contributed by atoms with Gasteiger partial charge < -0.3 is 0 Å². The zero-order valence-corrected chi connectivity index (χ0v) is 9.63. The third kappa shape index (κ3) is 1.72. The molecule has 3 rings (SSSR count). The second-order valence-corrected chi connectivity index (χ2v) is 3.95. The van der Waals surface area contributed by atoms with Crippen LogP contribution in [0.2, 0.25) is 5.02 Å². The van der Waals surface area contributed by atoms with Gasteiger partial charge >= 0.3 is 0 Å². The lowest BCUT2D eigenvalue weighted by Crippen LogP contribution is -2.10. The molecule has 2 aliphatic rings. The predicted molar refractivity (Wildman–Crippen MR) is 61.1 cm³/mol. The van der Waals surface area contributed by atoms with E-state index in [-0.39, 0.29) is 0 Å². The van der Waals surface area contributed by atoms with Crippen molar-refractivity contribution in [1.29, 1.82) is 0 Å². The molecule has 0 fully saturated rings. The minimum atomic E-state index is 0.452. The largest absolute Gasteiger partial charge is 0.227 e. The Morgan fingerprint density at radius 3 is 2.59 bits per heavy atom. The van der Waals surface area contributed by atoms with E-state index in [1.54, 1.807) is 12.1 Å². The lowest BCUT2D eigenvalue weighted by Gasteiger charge is -2.04. The first-order chi connectivity index (χ1) is 8.24. The molecule has 0 unspecified atom stereocenters. The average molecular weight is 247 g/mol. The molecule has 0 spiro atoms. The molecular formula is C10H7ClN6. The summed E-state index contributed by atoms with van der Waals surface area (Å²) in [5.41, 5.74) is 2.16. The van der Waals surface area contributed by atoms with E-state index in [4.69, 9.17) is 11.6 Å². The van der Waals surface area contributed by atoms with Crippen molar-refractivity contribution in [3.8, 4) is 17.2 Å². The minimum absolute atomic E-state index is 0.452. The minimum Gasteiger partial charge on any atom is -0.151 e. The van der Waals surface area contributed by atoms with Crippen LogP contribution in [0.15, 0.2) is 24.3 Å². The van der Waals surface area contributed by atoms with Crippen molar-refractivity contribution in [2.75, 3.05) is 0 Å². The Morgan fingerprint density at radius 1 is 1.06 bits per heavy atom. The first-order valence-electron chi connectivity index (χ1n) is 4.93. The smallest absolute Gasteiger partial charge is 0.151 e. The summed E-state index contributed by atoms with van der Waals surface area (Å²) in [6, 6.07) is 7.17. The van der Waals surface area contributed by atoms with E-state index in [2.05, 4.69) is 25.6 Å². The van der Waals surface area contributed by atoms with Crippen molar-refractivity contribution in [2.24, 2.45) is 0 Å². The van der Waals surface area contributed by atoms with Crippen LogP contribution in [0.4, 0.5) is 0 Å². The fraction of sp³-hybridized carbons (Fsp3) is 0.100. The van der Waals surface area contributed by atoms with Crippen LogP contribution in [-0.2, 0) is 0 Å². The van der Waals surface area contributed by atoms with E-state index in [0.29, 0.717) is 16.5 Å². The van der Waals surface area contributed by atoms with Gasteiger partial charge in [-0.05, 0) is 36.4 Å². The van der Waals surface area contributed by atoms with E-state index < -0.39 is 0 Å². The highest BCUT2D eigenvalue weighted by molar-refractivity contribution is 6.30. The Morgan fingerprint density at radius 2 is 1.82 bits per heavy atom. The molecule has 1 aromatic rings. The Balaban J connectivity index is 2.15. The lowest BCUT2D eigenvalue weighted by molar-refractivity contribution is 0.636. The topological polar surface area (TPSA) is 69.4 Å². The summed E-state index contributed by atoms with van der Waals surface area (Å²) >= 11 is 5.82. The zero-order valence-electron chi connectivity index (χ0n) is 8.87. The molecule has 2 heterocycles. The predicted octanol–water partition coefficient (Wildman–Crippen LogP) is 1.52. The Kier molecular flexibility index (Phi) is 2.22. The Labute approximate surface area is 102 Å². The summed E-state index contributed by atoms with van der Waals surface area (Å²) in [6.45, 7) is 1.83. The molecule has 0 N–H and O–H groups in total. The molecule has 0 atom stereocenters. The van der Waals surface area contributed by atoms with Gasteiger partial charge in [-0.3, -0.25) is 0 Å². The maximum Gasteiger partial charge on any atom is 0.227 e. The van der Waals surface area contributed by atoms with E-state index >= 15 is 0 Å². The highest BCUT2D eigenvalue weighted by Crippen LogP contribution is 2.17. The van der Waals surface area contributed by atoms with E-state index in [0.717, 1.165) is 11.4 Å². The molecule has 0 aromatic heterocycles. The number of fused-ring (bicyclic) bond motifs is 1. The molecule has 1 aromatic carbocycles. The maximum absolute atomic E-state index is 5.82. The summed E-state index contributed by atoms with van der Waals surface area (Å²) in [5, 5.41) is 20.6. The quantitative estimate of drug-likeness (QED) is 0.651. The van der Waals surface area contributed by atoms with Crippen molar-refractivity contribution >= 4 is 11.6 Å². The molecule has 6 nitrogen and oxygen atoms in total. The van der Waals surface area contributed by atoms with Gasteiger partial charge in [0.05, 0.1) is 11.4 Å². The average Bonchev–Trinajstić information content (AvgIpc) is 2.72. The van der Waals surface area contributed by atoms with Crippen LogP contribution in [0.3, 0.4) is 0 Å². The van der Waals surface area contributed by atoms with Gasteiger partial charge in [-0.2, -0.15) is 5.10 Å². The molecule has 0 saturated carbocycles. The summed E-state index contributed by atoms with van der Waals surface area (Å²) in [5.74, 6) is 0.452. The van der Waals surface area contributed by atoms with Crippen molar-refractivity contribution < 1.29 is 0 Å². The number of aryl methyl sites for hydroxylation is 1. The molecule has 0 aliphatic carbocycles. The van der Waals surface area contributed by atoms with Gasteiger partial charge in [0, 0.05) is 5.02 Å². The second-order valence-electron chi connectivity index (χ2n) is 3.51. The SMILES string of the molecule is Cc1nnc2nnn(-c3ccc(Cl)cc3)nc1-2. The number of benzene rings is 1. The van der Waals surface area contributed by atoms with Crippen LogP contribution in [0.25, 0.3) is 17.2 Å². The highest BCUT2D eigenvalue weighted by atomic mass is 35.5. The number of hydrogen-bond acceptors (Lipinski definition) is 5. The van der Waals surface area contributed by atoms with Crippen LogP contribution in [-0.4, -0.2) is 30.4 Å². The number of aromatic nitrogens is 6. The van der Waals surface area contributed by atoms with Crippen molar-refractivity contribution in [2.45, 2.75) is 6.92 Å². The van der Waals surface area contributed by atoms with Crippen molar-refractivity contribution in [3.05, 3.63) is 35.0 Å². The normalized spacial score (nSPS) is 10.9. The first kappa shape index (κ1) is 10.1. The Hall–Kier alpha value is -2.08. The number of hydrogen-bond donors (Lipinski definition) is 0. The van der Waals surface area contributed by atoms with E-state index in [1.165, 1.54) is 4.80 Å². The monoisotopic (exact) mass is 246 g/mol. The maximum atomic E-state index is 5.82. The third-order valence-electron chi connectivity index (χ3n) is 2.33. The summed E-state index contributed by atoms with van der Waals surface area (Å²) < 4.78 is 0. The van der Waals surface area contributed by atoms with Gasteiger partial charge in [-0.1, -0.05) is 11.6 Å². The third-order valence-corrected chi connectivity index (χ3v) is 2.58. The van der Waals surface area contributed by atoms with Crippen LogP contribution in [0, 0.1) is 6.92 Å². The fourth-order valence-electron chi connectivity index (χ4n) is 1.45. The van der Waals surface area contributed by atoms with Crippen LogP contribution < -0.4 is 0 Å². The van der Waals surface area contributed by atoms with Gasteiger partial charge in [-0.15, -0.1) is 20.1 Å². The summed E-state index contributed by atoms with van der Waals surface area (Å²) in [4.78, 5) is 1.43. The number of nitrogens with zero attached hydrogens (tertiary/aromatic N) is 6. The van der Waals surface area contributed by atoms with Crippen molar-refractivity contribution in [1.82, 2.24) is 30.4 Å². The summed E-state index contributed by atoms with van der Waals surface area (Å²) in [6.07, 6.45) is 0. The van der Waals surface area contributed by atoms with Crippen LogP contribution >= 0.6 is 11.6 Å². The summed E-state index contributed by atoms with van der Waals surface area (Å²) in [7, 11) is 0. The number of rotatable bonds is 1. The molecule has 0 bridgehead atoms. The van der Waals surface area contributed by atoms with E-state index in [9.17, 15) is 0 Å².